The van der Waals surface area contributed by atoms with E-state index >= 15 is 0 Å². The highest BCUT2D eigenvalue weighted by Crippen LogP contribution is 2.25. The zero-order chi connectivity index (χ0) is 13.7. The number of aliphatic hydroxyl groups is 1. The van der Waals surface area contributed by atoms with Gasteiger partial charge in [0.1, 0.15) is 12.2 Å². The third-order valence-corrected chi connectivity index (χ3v) is 4.08. The molecule has 0 aliphatic carbocycles. The van der Waals surface area contributed by atoms with Gasteiger partial charge in [0.05, 0.1) is 11.4 Å². The van der Waals surface area contributed by atoms with E-state index < -0.39 is 5.60 Å². The number of nitrogens with one attached hydrogen (secondary N) is 1. The SMILES string of the molecule is CC1(C(=O)NCc2ccc(C#CCO)s2)CCCO1. The van der Waals surface area contributed by atoms with E-state index in [-0.39, 0.29) is 12.5 Å². The molecule has 1 unspecified atom stereocenters. The zero-order valence-electron chi connectivity index (χ0n) is 10.9. The summed E-state index contributed by atoms with van der Waals surface area (Å²) in [4.78, 5) is 14.0. The molecule has 19 heavy (non-hydrogen) atoms. The van der Waals surface area contributed by atoms with Gasteiger partial charge >= 0.3 is 0 Å². The molecular formula is C14H17NO3S. The minimum atomic E-state index is -0.670. The Morgan fingerprint density at radius 3 is 3.16 bits per heavy atom. The number of carbonyl (C=O) groups excluding carboxylic acids is 1. The second kappa shape index (κ2) is 6.20. The number of aliphatic hydroxyl groups excluding tert-OH is 1. The lowest BCUT2D eigenvalue weighted by atomic mass is 10.0. The third kappa shape index (κ3) is 3.57. The molecule has 102 valence electrons. The molecule has 1 saturated heterocycles. The monoisotopic (exact) mass is 279 g/mol. The normalized spacial score (nSPS) is 21.8. The second-order valence-corrected chi connectivity index (χ2v) is 5.76. The molecule has 1 fully saturated rings. The lowest BCUT2D eigenvalue weighted by Crippen LogP contribution is -2.43. The summed E-state index contributed by atoms with van der Waals surface area (Å²) in [6.07, 6.45) is 1.71. The predicted molar refractivity (Wildman–Crippen MR) is 73.7 cm³/mol. The molecule has 1 aromatic heterocycles. The van der Waals surface area contributed by atoms with Crippen LogP contribution in [0.4, 0.5) is 0 Å². The van der Waals surface area contributed by atoms with E-state index in [1.807, 2.05) is 19.1 Å². The van der Waals surface area contributed by atoms with Crippen LogP contribution in [0.15, 0.2) is 12.1 Å². The molecule has 0 aromatic carbocycles. The van der Waals surface area contributed by atoms with Crippen molar-refractivity contribution in [3.63, 3.8) is 0 Å². The van der Waals surface area contributed by atoms with Crippen molar-refractivity contribution in [2.75, 3.05) is 13.2 Å². The molecule has 1 amide bonds. The van der Waals surface area contributed by atoms with Crippen LogP contribution in [-0.4, -0.2) is 29.8 Å². The van der Waals surface area contributed by atoms with Gasteiger partial charge in [-0.3, -0.25) is 4.79 Å². The summed E-state index contributed by atoms with van der Waals surface area (Å²) in [5.74, 6) is 5.39. The van der Waals surface area contributed by atoms with Crippen molar-refractivity contribution < 1.29 is 14.6 Å². The third-order valence-electron chi connectivity index (χ3n) is 3.07. The Labute approximate surface area is 116 Å². The first-order valence-corrected chi connectivity index (χ1v) is 7.06. The average molecular weight is 279 g/mol. The molecular weight excluding hydrogens is 262 g/mol. The van der Waals surface area contributed by atoms with E-state index in [0.29, 0.717) is 13.2 Å². The molecule has 1 aromatic rings. The highest BCUT2D eigenvalue weighted by Gasteiger charge is 2.37. The van der Waals surface area contributed by atoms with E-state index in [0.717, 1.165) is 22.6 Å². The number of carbonyl (C=O) groups is 1. The van der Waals surface area contributed by atoms with Crippen LogP contribution in [-0.2, 0) is 16.1 Å². The Balaban J connectivity index is 1.88. The molecule has 1 atom stereocenters. The molecule has 2 N–H and O–H groups in total. The molecule has 0 spiro atoms. The van der Waals surface area contributed by atoms with E-state index in [9.17, 15) is 4.79 Å². The highest BCUT2D eigenvalue weighted by atomic mass is 32.1. The number of rotatable bonds is 3. The summed E-state index contributed by atoms with van der Waals surface area (Å²) in [6.45, 7) is 2.84. The number of hydrogen-bond donors (Lipinski definition) is 2. The first-order valence-electron chi connectivity index (χ1n) is 6.25. The summed E-state index contributed by atoms with van der Waals surface area (Å²) in [5, 5.41) is 11.5. The van der Waals surface area contributed by atoms with Gasteiger partial charge in [-0.1, -0.05) is 11.8 Å². The molecule has 2 rings (SSSR count). The van der Waals surface area contributed by atoms with Crippen molar-refractivity contribution in [1.82, 2.24) is 5.32 Å². The van der Waals surface area contributed by atoms with Crippen LogP contribution in [0.5, 0.6) is 0 Å². The van der Waals surface area contributed by atoms with Crippen molar-refractivity contribution in [2.45, 2.75) is 31.9 Å². The number of thiophene rings is 1. The van der Waals surface area contributed by atoms with Crippen molar-refractivity contribution in [3.8, 4) is 11.8 Å². The summed E-state index contributed by atoms with van der Waals surface area (Å²) in [5.41, 5.74) is -0.670. The van der Waals surface area contributed by atoms with Gasteiger partial charge < -0.3 is 15.2 Å². The van der Waals surface area contributed by atoms with Gasteiger partial charge in [-0.25, -0.2) is 0 Å². The van der Waals surface area contributed by atoms with Crippen LogP contribution in [0.3, 0.4) is 0 Å². The zero-order valence-corrected chi connectivity index (χ0v) is 11.7. The summed E-state index contributed by atoms with van der Waals surface area (Å²) >= 11 is 1.52. The van der Waals surface area contributed by atoms with Crippen LogP contribution in [0, 0.1) is 11.8 Å². The largest absolute Gasteiger partial charge is 0.384 e. The highest BCUT2D eigenvalue weighted by molar-refractivity contribution is 7.12. The minimum Gasteiger partial charge on any atom is -0.384 e. The van der Waals surface area contributed by atoms with Gasteiger partial charge in [0.15, 0.2) is 0 Å². The average Bonchev–Trinajstić information content (AvgIpc) is 3.03. The van der Waals surface area contributed by atoms with Gasteiger partial charge in [0, 0.05) is 11.5 Å². The van der Waals surface area contributed by atoms with Crippen molar-refractivity contribution >= 4 is 17.2 Å². The maximum absolute atomic E-state index is 12.0. The molecule has 4 nitrogen and oxygen atoms in total. The standard InChI is InChI=1S/C14H17NO3S/c1-14(7-3-9-18-14)13(17)15-10-12-6-5-11(19-12)4-2-8-16/h5-6,16H,3,7-10H2,1H3,(H,15,17). The van der Waals surface area contributed by atoms with Crippen molar-refractivity contribution in [3.05, 3.63) is 21.9 Å². The number of hydrogen-bond acceptors (Lipinski definition) is 4. The first kappa shape index (κ1) is 14.1. The summed E-state index contributed by atoms with van der Waals surface area (Å²) in [7, 11) is 0. The minimum absolute atomic E-state index is 0.0543. The second-order valence-electron chi connectivity index (χ2n) is 4.59. The van der Waals surface area contributed by atoms with Gasteiger partial charge in [-0.2, -0.15) is 0 Å². The predicted octanol–water partition coefficient (Wildman–Crippen LogP) is 1.28. The van der Waals surface area contributed by atoms with Gasteiger partial charge in [-0.05, 0) is 31.9 Å². The van der Waals surface area contributed by atoms with Crippen LogP contribution < -0.4 is 5.32 Å². The Bertz CT molecular complexity index is 506. The fourth-order valence-electron chi connectivity index (χ4n) is 1.98. The van der Waals surface area contributed by atoms with Crippen LogP contribution in [0.2, 0.25) is 0 Å². The van der Waals surface area contributed by atoms with E-state index in [1.165, 1.54) is 11.3 Å². The lowest BCUT2D eigenvalue weighted by Gasteiger charge is -2.21. The topological polar surface area (TPSA) is 58.6 Å². The summed E-state index contributed by atoms with van der Waals surface area (Å²) in [6, 6.07) is 3.83. The van der Waals surface area contributed by atoms with E-state index in [4.69, 9.17) is 9.84 Å². The molecule has 5 heteroatoms. The molecule has 1 aliphatic heterocycles. The van der Waals surface area contributed by atoms with Crippen LogP contribution in [0.1, 0.15) is 29.5 Å². The van der Waals surface area contributed by atoms with E-state index in [2.05, 4.69) is 17.2 Å². The van der Waals surface area contributed by atoms with Gasteiger partial charge in [0.25, 0.3) is 5.91 Å². The Morgan fingerprint density at radius 1 is 1.63 bits per heavy atom. The molecule has 0 radical (unpaired) electrons. The van der Waals surface area contributed by atoms with Gasteiger partial charge in [0.2, 0.25) is 0 Å². The van der Waals surface area contributed by atoms with Crippen LogP contribution >= 0.6 is 11.3 Å². The number of amides is 1. The first-order chi connectivity index (χ1) is 9.14. The molecule has 0 bridgehead atoms. The van der Waals surface area contributed by atoms with Crippen molar-refractivity contribution in [1.29, 1.82) is 0 Å². The van der Waals surface area contributed by atoms with Crippen molar-refractivity contribution in [2.24, 2.45) is 0 Å². The van der Waals surface area contributed by atoms with E-state index in [1.54, 1.807) is 0 Å². The Hall–Kier alpha value is -1.35. The Morgan fingerprint density at radius 2 is 2.47 bits per heavy atom. The smallest absolute Gasteiger partial charge is 0.252 e. The maximum Gasteiger partial charge on any atom is 0.252 e. The quantitative estimate of drug-likeness (QED) is 0.819. The van der Waals surface area contributed by atoms with Gasteiger partial charge in [-0.15, -0.1) is 11.3 Å². The molecule has 0 saturated carbocycles. The Kier molecular flexibility index (Phi) is 4.59. The fourth-order valence-corrected chi connectivity index (χ4v) is 2.80. The molecule has 1 aliphatic rings. The summed E-state index contributed by atoms with van der Waals surface area (Å²) < 4.78 is 5.49. The maximum atomic E-state index is 12.0. The molecule has 2 heterocycles. The lowest BCUT2D eigenvalue weighted by molar-refractivity contribution is -0.139. The number of ether oxygens (including phenoxy) is 1. The van der Waals surface area contributed by atoms with Crippen LogP contribution in [0.25, 0.3) is 0 Å². The fraction of sp³-hybridized carbons (Fsp3) is 0.500.